The third-order valence-corrected chi connectivity index (χ3v) is 5.74. The van der Waals surface area contributed by atoms with Crippen molar-refractivity contribution in [1.29, 1.82) is 0 Å². The maximum absolute atomic E-state index is 11.8. The first-order valence-electron chi connectivity index (χ1n) is 8.26. The molecule has 0 N–H and O–H groups in total. The molecule has 3 heterocycles. The van der Waals surface area contributed by atoms with Crippen LogP contribution in [0.1, 0.15) is 25.5 Å². The maximum atomic E-state index is 11.8. The van der Waals surface area contributed by atoms with E-state index in [0.717, 1.165) is 42.9 Å². The van der Waals surface area contributed by atoms with Gasteiger partial charge in [-0.15, -0.1) is 0 Å². The fourth-order valence-corrected chi connectivity index (χ4v) is 4.23. The minimum Gasteiger partial charge on any atom is -0.264 e. The number of nitrogens with zero attached hydrogens (tertiary/aromatic N) is 5. The summed E-state index contributed by atoms with van der Waals surface area (Å²) in [5, 5.41) is 4.30. The van der Waals surface area contributed by atoms with E-state index in [1.807, 2.05) is 17.7 Å². The van der Waals surface area contributed by atoms with Gasteiger partial charge < -0.3 is 0 Å². The van der Waals surface area contributed by atoms with Gasteiger partial charge in [0.25, 0.3) is 0 Å². The highest BCUT2D eigenvalue weighted by atomic mass is 32.2. The molecule has 1 unspecified atom stereocenters. The molecule has 1 saturated heterocycles. The van der Waals surface area contributed by atoms with Crippen molar-refractivity contribution in [2.24, 2.45) is 5.92 Å². The van der Waals surface area contributed by atoms with Gasteiger partial charge in [-0.1, -0.05) is 0 Å². The van der Waals surface area contributed by atoms with Crippen LogP contribution < -0.4 is 0 Å². The van der Waals surface area contributed by atoms with Crippen molar-refractivity contribution in [1.82, 2.24) is 24.1 Å². The van der Waals surface area contributed by atoms with Crippen molar-refractivity contribution in [2.75, 3.05) is 19.3 Å². The second kappa shape index (κ2) is 6.98. The first-order chi connectivity index (χ1) is 11.5. The molecule has 0 radical (unpaired) electrons. The Morgan fingerprint density at radius 1 is 1.25 bits per heavy atom. The van der Waals surface area contributed by atoms with Crippen LogP contribution in [0.15, 0.2) is 24.7 Å². The lowest BCUT2D eigenvalue weighted by Crippen LogP contribution is -2.40. The smallest absolute Gasteiger partial charge is 0.211 e. The number of aromatic nitrogens is 4. The summed E-state index contributed by atoms with van der Waals surface area (Å²) < 4.78 is 27.1. The zero-order valence-corrected chi connectivity index (χ0v) is 14.9. The van der Waals surface area contributed by atoms with Crippen LogP contribution in [0.5, 0.6) is 0 Å². The molecule has 0 aromatic carbocycles. The largest absolute Gasteiger partial charge is 0.264 e. The van der Waals surface area contributed by atoms with E-state index >= 15 is 0 Å². The van der Waals surface area contributed by atoms with Crippen molar-refractivity contribution in [3.8, 4) is 11.4 Å². The van der Waals surface area contributed by atoms with Gasteiger partial charge in [0.15, 0.2) is 0 Å². The quantitative estimate of drug-likeness (QED) is 0.818. The van der Waals surface area contributed by atoms with Crippen LogP contribution in [-0.4, -0.2) is 51.8 Å². The molecule has 130 valence electrons. The molecule has 2 aromatic rings. The number of rotatable bonds is 5. The fourth-order valence-electron chi connectivity index (χ4n) is 3.28. The van der Waals surface area contributed by atoms with Crippen molar-refractivity contribution >= 4 is 10.0 Å². The Morgan fingerprint density at radius 3 is 2.79 bits per heavy atom. The number of sulfonamides is 1. The minimum absolute atomic E-state index is 0.266. The summed E-state index contributed by atoms with van der Waals surface area (Å²) in [6, 6.07) is 1.95. The summed E-state index contributed by atoms with van der Waals surface area (Å²) in [6.45, 7) is 3.98. The molecule has 0 aliphatic carbocycles. The molecule has 1 aliphatic heterocycles. The standard InChI is InChI=1S/C16H23N5O2S/c1-3-21-15(6-7-19-21)16-14(17-8-9-18-16)11-13-5-4-10-20(12-13)24(2,22)23/h6-9,13H,3-5,10-12H2,1-2H3. The van der Waals surface area contributed by atoms with Gasteiger partial charge in [0.05, 0.1) is 17.6 Å². The van der Waals surface area contributed by atoms with Crippen LogP contribution in [-0.2, 0) is 23.0 Å². The first-order valence-corrected chi connectivity index (χ1v) is 10.1. The van der Waals surface area contributed by atoms with E-state index in [2.05, 4.69) is 15.1 Å². The molecule has 1 aliphatic rings. The van der Waals surface area contributed by atoms with E-state index in [0.29, 0.717) is 13.1 Å². The molecule has 3 rings (SSSR count). The molecule has 1 atom stereocenters. The highest BCUT2D eigenvalue weighted by Crippen LogP contribution is 2.26. The summed E-state index contributed by atoms with van der Waals surface area (Å²) >= 11 is 0. The van der Waals surface area contributed by atoms with E-state index in [-0.39, 0.29) is 5.92 Å². The molecular weight excluding hydrogens is 326 g/mol. The topological polar surface area (TPSA) is 81.0 Å². The van der Waals surface area contributed by atoms with E-state index in [1.54, 1.807) is 22.9 Å². The van der Waals surface area contributed by atoms with E-state index in [9.17, 15) is 8.42 Å². The lowest BCUT2D eigenvalue weighted by atomic mass is 9.93. The molecular formula is C16H23N5O2S. The molecule has 0 amide bonds. The van der Waals surface area contributed by atoms with Crippen molar-refractivity contribution < 1.29 is 8.42 Å². The molecule has 1 fully saturated rings. The lowest BCUT2D eigenvalue weighted by Gasteiger charge is -2.31. The van der Waals surface area contributed by atoms with Gasteiger partial charge in [0, 0.05) is 38.2 Å². The number of hydrogen-bond donors (Lipinski definition) is 0. The maximum Gasteiger partial charge on any atom is 0.211 e. The van der Waals surface area contributed by atoms with E-state index in [1.165, 1.54) is 6.26 Å². The number of hydrogen-bond acceptors (Lipinski definition) is 5. The summed E-state index contributed by atoms with van der Waals surface area (Å²) in [6.07, 6.45) is 9.06. The number of piperidine rings is 1. The van der Waals surface area contributed by atoms with E-state index in [4.69, 9.17) is 0 Å². The third kappa shape index (κ3) is 3.64. The van der Waals surface area contributed by atoms with Gasteiger partial charge in [-0.25, -0.2) is 12.7 Å². The normalized spacial score (nSPS) is 19.5. The van der Waals surface area contributed by atoms with Crippen LogP contribution in [0.4, 0.5) is 0 Å². The van der Waals surface area contributed by atoms with Gasteiger partial charge in [0.2, 0.25) is 10.0 Å². The van der Waals surface area contributed by atoms with Crippen molar-refractivity contribution in [3.63, 3.8) is 0 Å². The molecule has 0 saturated carbocycles. The van der Waals surface area contributed by atoms with Gasteiger partial charge in [-0.05, 0) is 38.2 Å². The van der Waals surface area contributed by atoms with Crippen LogP contribution in [0, 0.1) is 5.92 Å². The Morgan fingerprint density at radius 2 is 2.04 bits per heavy atom. The van der Waals surface area contributed by atoms with Gasteiger partial charge in [0.1, 0.15) is 5.69 Å². The van der Waals surface area contributed by atoms with Gasteiger partial charge in [-0.2, -0.15) is 5.10 Å². The Hall–Kier alpha value is -1.80. The molecule has 0 bridgehead atoms. The average Bonchev–Trinajstić information content (AvgIpc) is 3.03. The molecule has 7 nitrogen and oxygen atoms in total. The van der Waals surface area contributed by atoms with Crippen molar-refractivity contribution in [2.45, 2.75) is 32.7 Å². The molecule has 2 aromatic heterocycles. The summed E-state index contributed by atoms with van der Waals surface area (Å²) in [4.78, 5) is 9.03. The second-order valence-corrected chi connectivity index (χ2v) is 8.20. The van der Waals surface area contributed by atoms with E-state index < -0.39 is 10.0 Å². The highest BCUT2D eigenvalue weighted by Gasteiger charge is 2.27. The Bertz CT molecular complexity index is 802. The Kier molecular flexibility index (Phi) is 4.96. The predicted octanol–water partition coefficient (Wildman–Crippen LogP) is 1.57. The zero-order valence-electron chi connectivity index (χ0n) is 14.1. The monoisotopic (exact) mass is 349 g/mol. The molecule has 24 heavy (non-hydrogen) atoms. The second-order valence-electron chi connectivity index (χ2n) is 6.22. The summed E-state index contributed by atoms with van der Waals surface area (Å²) in [5.74, 6) is 0.266. The Balaban J connectivity index is 1.84. The third-order valence-electron chi connectivity index (χ3n) is 4.47. The first kappa shape index (κ1) is 17.0. The van der Waals surface area contributed by atoms with Crippen LogP contribution in [0.2, 0.25) is 0 Å². The van der Waals surface area contributed by atoms with Gasteiger partial charge in [-0.3, -0.25) is 14.6 Å². The predicted molar refractivity (Wildman–Crippen MR) is 91.8 cm³/mol. The highest BCUT2D eigenvalue weighted by molar-refractivity contribution is 7.88. The number of aryl methyl sites for hydroxylation is 1. The molecule has 0 spiro atoms. The lowest BCUT2D eigenvalue weighted by molar-refractivity contribution is 0.265. The van der Waals surface area contributed by atoms with Crippen molar-refractivity contribution in [3.05, 3.63) is 30.4 Å². The van der Waals surface area contributed by atoms with Crippen LogP contribution in [0.3, 0.4) is 0 Å². The zero-order chi connectivity index (χ0) is 17.2. The molecule has 8 heteroatoms. The minimum atomic E-state index is -3.13. The average molecular weight is 349 g/mol. The van der Waals surface area contributed by atoms with Crippen LogP contribution in [0.25, 0.3) is 11.4 Å². The SMILES string of the molecule is CCn1nccc1-c1nccnc1CC1CCCN(S(C)(=O)=O)C1. The summed E-state index contributed by atoms with van der Waals surface area (Å²) in [7, 11) is -3.13. The Labute approximate surface area is 142 Å². The summed E-state index contributed by atoms with van der Waals surface area (Å²) in [5.41, 5.74) is 2.71. The fraction of sp³-hybridized carbons (Fsp3) is 0.562. The van der Waals surface area contributed by atoms with Crippen LogP contribution >= 0.6 is 0 Å². The van der Waals surface area contributed by atoms with Gasteiger partial charge >= 0.3 is 0 Å².